The van der Waals surface area contributed by atoms with Crippen molar-refractivity contribution < 1.29 is 24.5 Å². The second-order valence-corrected chi connectivity index (χ2v) is 11.4. The Hall–Kier alpha value is -1.87. The third kappa shape index (κ3) is 8.07. The van der Waals surface area contributed by atoms with Gasteiger partial charge in [-0.1, -0.05) is 39.3 Å². The van der Waals surface area contributed by atoms with Crippen LogP contribution in [0.3, 0.4) is 0 Å². The van der Waals surface area contributed by atoms with Gasteiger partial charge < -0.3 is 20.7 Å². The summed E-state index contributed by atoms with van der Waals surface area (Å²) in [6.45, 7) is 11.2. The first-order valence-corrected chi connectivity index (χ1v) is 13.3. The summed E-state index contributed by atoms with van der Waals surface area (Å²) in [4.78, 5) is 30.5. The van der Waals surface area contributed by atoms with E-state index in [1.54, 1.807) is 20.8 Å². The highest BCUT2D eigenvalue weighted by molar-refractivity contribution is 7.09. The number of aliphatic hydroxyl groups is 2. The highest BCUT2D eigenvalue weighted by Gasteiger charge is 2.42. The van der Waals surface area contributed by atoms with Crippen molar-refractivity contribution >= 4 is 29.2 Å². The molecule has 1 aliphatic rings. The number of ether oxygens (including phenoxy) is 1. The van der Waals surface area contributed by atoms with Gasteiger partial charge in [-0.3, -0.25) is 9.59 Å². The van der Waals surface area contributed by atoms with Gasteiger partial charge in [-0.2, -0.15) is 0 Å². The average Bonchev–Trinajstić information content (AvgIpc) is 3.26. The fourth-order valence-electron chi connectivity index (χ4n) is 4.44. The zero-order valence-electron chi connectivity index (χ0n) is 21.9. The van der Waals surface area contributed by atoms with E-state index in [4.69, 9.17) is 10.5 Å². The van der Waals surface area contributed by atoms with Gasteiger partial charge in [0.15, 0.2) is 0 Å². The Kier molecular flexibility index (Phi) is 10.8. The van der Waals surface area contributed by atoms with Crippen LogP contribution in [0, 0.1) is 17.3 Å². The molecule has 0 fully saturated rings. The van der Waals surface area contributed by atoms with Gasteiger partial charge in [0.1, 0.15) is 16.9 Å². The van der Waals surface area contributed by atoms with Crippen LogP contribution < -0.4 is 5.73 Å². The molecule has 196 valence electrons. The summed E-state index contributed by atoms with van der Waals surface area (Å²) in [7, 11) is 0. The lowest BCUT2D eigenvalue weighted by molar-refractivity contribution is -0.154. The van der Waals surface area contributed by atoms with E-state index in [1.807, 2.05) is 25.3 Å². The first-order chi connectivity index (χ1) is 16.4. The fourth-order valence-corrected chi connectivity index (χ4v) is 5.07. The van der Waals surface area contributed by atoms with Crippen molar-refractivity contribution in [1.82, 2.24) is 4.98 Å². The predicted octanol–water partition coefficient (Wildman–Crippen LogP) is 4.42. The van der Waals surface area contributed by atoms with Crippen molar-refractivity contribution in [3.63, 3.8) is 0 Å². The number of hydrogen-bond donors (Lipinski definition) is 3. The standard InChI is InChI=1S/C27H42N2O5S/c1-16-8-7-9-17(2)25(32)19(4)26(33)27(5,6)22(30)13-24(31)34-21(11-10-16)18(3)12-20-15-35-23(14-28)29-20/h10,12,15,17,19,21-22,25,30,32H,7-9,11,13-14,28H2,1-6H3/b16-10-,18-12+/t17-,19-,21?,22+,25+/m1/s1. The van der Waals surface area contributed by atoms with E-state index < -0.39 is 35.6 Å². The number of ketones is 1. The summed E-state index contributed by atoms with van der Waals surface area (Å²) >= 11 is 1.48. The Morgan fingerprint density at radius 2 is 2.00 bits per heavy atom. The maximum Gasteiger partial charge on any atom is 0.309 e. The van der Waals surface area contributed by atoms with Crippen molar-refractivity contribution in [2.45, 2.75) is 98.5 Å². The molecule has 0 spiro atoms. The molecule has 35 heavy (non-hydrogen) atoms. The summed E-state index contributed by atoms with van der Waals surface area (Å²) in [5.41, 5.74) is 7.26. The maximum atomic E-state index is 13.2. The van der Waals surface area contributed by atoms with Gasteiger partial charge >= 0.3 is 5.97 Å². The molecule has 4 N–H and O–H groups in total. The molecular formula is C27H42N2O5S. The Bertz CT molecular complexity index is 936. The van der Waals surface area contributed by atoms with Crippen LogP contribution in [0.15, 0.2) is 22.6 Å². The molecule has 0 saturated carbocycles. The SMILES string of the molecule is C/C1=C/CC(/C(C)=C/c2csc(CN)n2)OC(=O)C[C@H](O)C(C)(C)C(=O)[C@H](C)[C@@H](O)[C@H](C)CCC1. The summed E-state index contributed by atoms with van der Waals surface area (Å²) in [5.74, 6) is -1.53. The van der Waals surface area contributed by atoms with Crippen LogP contribution in [0.25, 0.3) is 6.08 Å². The highest BCUT2D eigenvalue weighted by atomic mass is 32.1. The predicted molar refractivity (Wildman–Crippen MR) is 140 cm³/mol. The average molecular weight is 507 g/mol. The smallest absolute Gasteiger partial charge is 0.309 e. The van der Waals surface area contributed by atoms with E-state index in [-0.39, 0.29) is 18.1 Å². The number of thiazole rings is 1. The number of carbonyl (C=O) groups is 2. The fraction of sp³-hybridized carbons (Fsp3) is 0.667. The Labute approximate surface area is 213 Å². The molecule has 0 saturated heterocycles. The van der Waals surface area contributed by atoms with Gasteiger partial charge in [0.05, 0.1) is 29.7 Å². The molecule has 0 aliphatic carbocycles. The monoisotopic (exact) mass is 506 g/mol. The van der Waals surface area contributed by atoms with E-state index in [0.717, 1.165) is 35.5 Å². The number of allylic oxidation sites excluding steroid dienone is 1. The normalized spacial score (nSPS) is 31.5. The molecule has 5 atom stereocenters. The first-order valence-electron chi connectivity index (χ1n) is 12.4. The number of nitrogens with zero attached hydrogens (tertiary/aromatic N) is 1. The van der Waals surface area contributed by atoms with Gasteiger partial charge in [-0.25, -0.2) is 4.98 Å². The molecule has 1 aliphatic heterocycles. The van der Waals surface area contributed by atoms with Crippen LogP contribution in [0.1, 0.15) is 84.3 Å². The van der Waals surface area contributed by atoms with Crippen LogP contribution in [0.2, 0.25) is 0 Å². The molecule has 1 unspecified atom stereocenters. The number of aliphatic hydroxyl groups excluding tert-OH is 2. The van der Waals surface area contributed by atoms with Gasteiger partial charge in [-0.15, -0.1) is 11.3 Å². The second kappa shape index (κ2) is 12.9. The summed E-state index contributed by atoms with van der Waals surface area (Å²) in [6, 6.07) is 0. The third-order valence-electron chi connectivity index (χ3n) is 7.15. The largest absolute Gasteiger partial charge is 0.457 e. The second-order valence-electron chi connectivity index (χ2n) is 10.5. The van der Waals surface area contributed by atoms with Crippen molar-refractivity contribution in [3.8, 4) is 0 Å². The number of aromatic nitrogens is 1. The number of hydrogen-bond acceptors (Lipinski definition) is 8. The van der Waals surface area contributed by atoms with Crippen molar-refractivity contribution in [1.29, 1.82) is 0 Å². The minimum Gasteiger partial charge on any atom is -0.457 e. The van der Waals surface area contributed by atoms with Crippen molar-refractivity contribution in [2.24, 2.45) is 23.0 Å². The van der Waals surface area contributed by atoms with Gasteiger partial charge in [0.25, 0.3) is 0 Å². The lowest BCUT2D eigenvalue weighted by atomic mass is 9.73. The number of Topliss-reactive ketones (excluding diaryl/α,β-unsaturated/α-hetero) is 1. The van der Waals surface area contributed by atoms with E-state index in [2.05, 4.69) is 18.0 Å². The number of cyclic esters (lactones) is 1. The van der Waals surface area contributed by atoms with Crippen LogP contribution in [0.4, 0.5) is 0 Å². The van der Waals surface area contributed by atoms with Crippen LogP contribution in [-0.2, 0) is 20.9 Å². The van der Waals surface area contributed by atoms with Gasteiger partial charge in [0.2, 0.25) is 0 Å². The Morgan fingerprint density at radius 3 is 2.63 bits per heavy atom. The Balaban J connectivity index is 2.33. The molecule has 7 nitrogen and oxygen atoms in total. The Morgan fingerprint density at radius 1 is 1.31 bits per heavy atom. The number of rotatable bonds is 3. The molecule has 2 rings (SSSR count). The molecule has 0 radical (unpaired) electrons. The molecule has 1 aromatic rings. The number of carbonyl (C=O) groups excluding carboxylic acids is 2. The first kappa shape index (κ1) is 29.4. The number of esters is 1. The van der Waals surface area contributed by atoms with Gasteiger partial charge in [-0.05, 0) is 50.7 Å². The zero-order valence-corrected chi connectivity index (χ0v) is 22.7. The molecule has 0 bridgehead atoms. The molecule has 8 heteroatoms. The van der Waals surface area contributed by atoms with E-state index in [0.29, 0.717) is 13.0 Å². The third-order valence-corrected chi connectivity index (χ3v) is 8.04. The summed E-state index contributed by atoms with van der Waals surface area (Å²) in [6.07, 6.45) is 4.15. The lowest BCUT2D eigenvalue weighted by Crippen LogP contribution is -2.45. The highest BCUT2D eigenvalue weighted by Crippen LogP contribution is 2.32. The van der Waals surface area contributed by atoms with Crippen LogP contribution >= 0.6 is 11.3 Å². The molecule has 0 amide bonds. The minimum atomic E-state index is -1.23. The lowest BCUT2D eigenvalue weighted by Gasteiger charge is -2.34. The topological polar surface area (TPSA) is 123 Å². The quantitative estimate of drug-likeness (QED) is 0.410. The molecule has 1 aromatic heterocycles. The molecule has 0 aromatic carbocycles. The van der Waals surface area contributed by atoms with Crippen molar-refractivity contribution in [2.75, 3.05) is 0 Å². The summed E-state index contributed by atoms with van der Waals surface area (Å²) < 4.78 is 5.81. The summed E-state index contributed by atoms with van der Waals surface area (Å²) in [5, 5.41) is 24.4. The molecule has 2 heterocycles. The van der Waals surface area contributed by atoms with Crippen LogP contribution in [-0.4, -0.2) is 45.3 Å². The van der Waals surface area contributed by atoms with E-state index >= 15 is 0 Å². The van der Waals surface area contributed by atoms with E-state index in [9.17, 15) is 19.8 Å². The molecular weight excluding hydrogens is 464 g/mol. The zero-order chi connectivity index (χ0) is 26.3. The number of nitrogens with two attached hydrogens (primary N) is 1. The van der Waals surface area contributed by atoms with Gasteiger partial charge in [0, 0.05) is 24.3 Å². The van der Waals surface area contributed by atoms with Crippen molar-refractivity contribution in [3.05, 3.63) is 33.3 Å². The maximum absolute atomic E-state index is 13.2. The van der Waals surface area contributed by atoms with E-state index in [1.165, 1.54) is 16.9 Å². The minimum absolute atomic E-state index is 0.0537. The van der Waals surface area contributed by atoms with Crippen LogP contribution in [0.5, 0.6) is 0 Å².